The summed E-state index contributed by atoms with van der Waals surface area (Å²) < 4.78 is 0. The Hall–Kier alpha value is -2.49. The van der Waals surface area contributed by atoms with Crippen LogP contribution in [-0.4, -0.2) is 15.0 Å². The third kappa shape index (κ3) is 2.57. The van der Waals surface area contributed by atoms with E-state index in [0.29, 0.717) is 0 Å². The van der Waals surface area contributed by atoms with Crippen molar-refractivity contribution in [3.63, 3.8) is 0 Å². The molecule has 2 aromatic heterocycles. The van der Waals surface area contributed by atoms with E-state index >= 15 is 0 Å². The summed E-state index contributed by atoms with van der Waals surface area (Å²) in [6.07, 6.45) is 3.10. The van der Waals surface area contributed by atoms with Crippen LogP contribution in [0.3, 0.4) is 0 Å². The lowest BCUT2D eigenvalue weighted by atomic mass is 10.0. The highest BCUT2D eigenvalue weighted by molar-refractivity contribution is 5.84. The van der Waals surface area contributed by atoms with Gasteiger partial charge in [-0.2, -0.15) is 0 Å². The molecule has 4 heteroatoms. The first-order valence-electron chi connectivity index (χ1n) is 7.13. The van der Waals surface area contributed by atoms with Gasteiger partial charge in [0.25, 0.3) is 5.56 Å². The first-order valence-corrected chi connectivity index (χ1v) is 7.13. The van der Waals surface area contributed by atoms with Crippen LogP contribution in [0.25, 0.3) is 22.2 Å². The van der Waals surface area contributed by atoms with Gasteiger partial charge in [-0.25, -0.2) is 4.98 Å². The number of pyridine rings is 1. The van der Waals surface area contributed by atoms with Crippen molar-refractivity contribution in [3.05, 3.63) is 58.3 Å². The van der Waals surface area contributed by atoms with Crippen molar-refractivity contribution in [1.82, 2.24) is 15.0 Å². The smallest absolute Gasteiger partial charge is 0.254 e. The summed E-state index contributed by atoms with van der Waals surface area (Å²) >= 11 is 0. The first kappa shape index (κ1) is 13.5. The average Bonchev–Trinajstić information content (AvgIpc) is 2.49. The number of rotatable bonds is 3. The van der Waals surface area contributed by atoms with E-state index in [1.165, 1.54) is 6.33 Å². The van der Waals surface area contributed by atoms with Gasteiger partial charge in [0.1, 0.15) is 0 Å². The van der Waals surface area contributed by atoms with Crippen molar-refractivity contribution in [2.75, 3.05) is 0 Å². The zero-order valence-electron chi connectivity index (χ0n) is 12.2. The number of benzene rings is 1. The molecule has 4 nitrogen and oxygen atoms in total. The molecule has 0 atom stereocenters. The topological polar surface area (TPSA) is 58.6 Å². The highest BCUT2D eigenvalue weighted by Gasteiger charge is 2.10. The van der Waals surface area contributed by atoms with Gasteiger partial charge in [0.15, 0.2) is 0 Å². The second kappa shape index (κ2) is 5.48. The average molecular weight is 279 g/mol. The van der Waals surface area contributed by atoms with Crippen molar-refractivity contribution >= 4 is 10.9 Å². The zero-order chi connectivity index (χ0) is 14.8. The van der Waals surface area contributed by atoms with Gasteiger partial charge >= 0.3 is 0 Å². The number of aromatic nitrogens is 3. The molecule has 0 aliphatic carbocycles. The van der Waals surface area contributed by atoms with Crippen LogP contribution in [0.5, 0.6) is 0 Å². The van der Waals surface area contributed by atoms with Crippen LogP contribution in [0.15, 0.2) is 41.5 Å². The molecule has 0 saturated heterocycles. The van der Waals surface area contributed by atoms with Gasteiger partial charge < -0.3 is 4.98 Å². The fraction of sp³-hybridized carbons (Fsp3) is 0.235. The summed E-state index contributed by atoms with van der Waals surface area (Å²) in [6.45, 7) is 4.04. The summed E-state index contributed by atoms with van der Waals surface area (Å²) in [4.78, 5) is 23.5. The SMILES string of the molecule is CCCc1c(-c2ccc3nc(C)ccc3c2)nc[nH]c1=O. The van der Waals surface area contributed by atoms with Gasteiger partial charge in [-0.1, -0.05) is 25.5 Å². The minimum absolute atomic E-state index is 0.0519. The fourth-order valence-electron chi connectivity index (χ4n) is 2.53. The van der Waals surface area contributed by atoms with E-state index in [0.717, 1.165) is 46.3 Å². The van der Waals surface area contributed by atoms with Crippen molar-refractivity contribution in [3.8, 4) is 11.3 Å². The lowest BCUT2D eigenvalue weighted by Crippen LogP contribution is -2.14. The van der Waals surface area contributed by atoms with Gasteiger partial charge in [0, 0.05) is 22.2 Å². The monoisotopic (exact) mass is 279 g/mol. The second-order valence-electron chi connectivity index (χ2n) is 5.17. The van der Waals surface area contributed by atoms with Crippen LogP contribution >= 0.6 is 0 Å². The number of fused-ring (bicyclic) bond motifs is 1. The molecule has 0 radical (unpaired) electrons. The fourth-order valence-corrected chi connectivity index (χ4v) is 2.53. The van der Waals surface area contributed by atoms with Gasteiger partial charge in [-0.05, 0) is 31.5 Å². The van der Waals surface area contributed by atoms with Crippen LogP contribution in [0.4, 0.5) is 0 Å². The van der Waals surface area contributed by atoms with Gasteiger partial charge in [-0.15, -0.1) is 0 Å². The molecule has 0 aliphatic heterocycles. The maximum atomic E-state index is 12.0. The molecule has 21 heavy (non-hydrogen) atoms. The van der Waals surface area contributed by atoms with Gasteiger partial charge in [-0.3, -0.25) is 9.78 Å². The quantitative estimate of drug-likeness (QED) is 0.800. The lowest BCUT2D eigenvalue weighted by Gasteiger charge is -2.08. The van der Waals surface area contributed by atoms with E-state index in [9.17, 15) is 4.79 Å². The molecule has 1 N–H and O–H groups in total. The first-order chi connectivity index (χ1) is 10.2. The number of H-pyrrole nitrogens is 1. The van der Waals surface area contributed by atoms with Crippen molar-refractivity contribution in [1.29, 1.82) is 0 Å². The summed E-state index contributed by atoms with van der Waals surface area (Å²) in [6, 6.07) is 10.0. The Morgan fingerprint density at radius 2 is 2.05 bits per heavy atom. The van der Waals surface area contributed by atoms with Gasteiger partial charge in [0.2, 0.25) is 0 Å². The molecule has 1 aromatic carbocycles. The second-order valence-corrected chi connectivity index (χ2v) is 5.17. The molecule has 106 valence electrons. The standard InChI is InChI=1S/C17H17N3O/c1-3-4-14-16(18-10-19-17(14)21)13-7-8-15-12(9-13)6-5-11(2)20-15/h5-10H,3-4H2,1-2H3,(H,18,19,21). The van der Waals surface area contributed by atoms with Gasteiger partial charge in [0.05, 0.1) is 17.5 Å². The minimum atomic E-state index is -0.0519. The third-order valence-electron chi connectivity index (χ3n) is 3.55. The van der Waals surface area contributed by atoms with Crippen molar-refractivity contribution in [2.24, 2.45) is 0 Å². The summed E-state index contributed by atoms with van der Waals surface area (Å²) in [7, 11) is 0. The molecule has 0 fully saturated rings. The molecule has 0 spiro atoms. The Morgan fingerprint density at radius 3 is 2.86 bits per heavy atom. The number of aryl methyl sites for hydroxylation is 1. The Kier molecular flexibility index (Phi) is 3.52. The van der Waals surface area contributed by atoms with E-state index in [2.05, 4.69) is 21.9 Å². The maximum absolute atomic E-state index is 12.0. The Balaban J connectivity index is 2.19. The molecule has 0 bridgehead atoms. The van der Waals surface area contributed by atoms with Crippen molar-refractivity contribution in [2.45, 2.75) is 26.7 Å². The molecule has 3 rings (SSSR count). The van der Waals surface area contributed by atoms with Crippen LogP contribution in [0, 0.1) is 6.92 Å². The number of nitrogens with zero attached hydrogens (tertiary/aromatic N) is 2. The van der Waals surface area contributed by atoms with Crippen LogP contribution in [0.1, 0.15) is 24.6 Å². The molecule has 2 heterocycles. The molecule has 0 saturated carbocycles. The number of nitrogens with one attached hydrogen (secondary N) is 1. The van der Waals surface area contributed by atoms with Crippen molar-refractivity contribution < 1.29 is 0 Å². The minimum Gasteiger partial charge on any atom is -0.313 e. The lowest BCUT2D eigenvalue weighted by molar-refractivity contribution is 0.888. The number of hydrogen-bond donors (Lipinski definition) is 1. The molecule has 0 unspecified atom stereocenters. The number of hydrogen-bond acceptors (Lipinski definition) is 3. The summed E-state index contributed by atoms with van der Waals surface area (Å²) in [5.74, 6) is 0. The zero-order valence-corrected chi connectivity index (χ0v) is 12.2. The predicted octanol–water partition coefficient (Wildman–Crippen LogP) is 3.25. The van der Waals surface area contributed by atoms with E-state index in [4.69, 9.17) is 0 Å². The van der Waals surface area contributed by atoms with E-state index < -0.39 is 0 Å². The highest BCUT2D eigenvalue weighted by Crippen LogP contribution is 2.24. The molecule has 0 aliphatic rings. The van der Waals surface area contributed by atoms with Crippen LogP contribution in [0.2, 0.25) is 0 Å². The largest absolute Gasteiger partial charge is 0.313 e. The Labute approximate surface area is 122 Å². The molecule has 0 amide bonds. The normalized spacial score (nSPS) is 11.0. The molecular weight excluding hydrogens is 262 g/mol. The molecular formula is C17H17N3O. The Bertz CT molecular complexity index is 852. The third-order valence-corrected chi connectivity index (χ3v) is 3.55. The van der Waals surface area contributed by atoms with Crippen LogP contribution in [-0.2, 0) is 6.42 Å². The van der Waals surface area contributed by atoms with Crippen LogP contribution < -0.4 is 5.56 Å². The number of aromatic amines is 1. The Morgan fingerprint density at radius 1 is 1.19 bits per heavy atom. The molecule has 3 aromatic rings. The highest BCUT2D eigenvalue weighted by atomic mass is 16.1. The summed E-state index contributed by atoms with van der Waals surface area (Å²) in [5.41, 5.74) is 4.38. The maximum Gasteiger partial charge on any atom is 0.254 e. The van der Waals surface area contributed by atoms with E-state index in [1.807, 2.05) is 37.3 Å². The van der Waals surface area contributed by atoms with E-state index in [-0.39, 0.29) is 5.56 Å². The summed E-state index contributed by atoms with van der Waals surface area (Å²) in [5, 5.41) is 1.06. The van der Waals surface area contributed by atoms with E-state index in [1.54, 1.807) is 0 Å². The predicted molar refractivity (Wildman–Crippen MR) is 84.3 cm³/mol.